The van der Waals surface area contributed by atoms with Crippen LogP contribution < -0.4 is 15.5 Å². The van der Waals surface area contributed by atoms with E-state index in [2.05, 4.69) is 80.6 Å². The molecule has 1 aromatic carbocycles. The maximum Gasteiger partial charge on any atom is 0.191 e. The van der Waals surface area contributed by atoms with E-state index in [0.717, 1.165) is 58.1 Å². The van der Waals surface area contributed by atoms with E-state index in [1.54, 1.807) is 11.3 Å². The maximum absolute atomic E-state index is 4.87. The number of rotatable bonds is 7. The zero-order chi connectivity index (χ0) is 20.6. The van der Waals surface area contributed by atoms with Crippen LogP contribution in [-0.2, 0) is 13.1 Å². The normalized spacial score (nSPS) is 18.2. The van der Waals surface area contributed by atoms with Gasteiger partial charge in [0, 0.05) is 51.0 Å². The minimum absolute atomic E-state index is 0.489. The van der Waals surface area contributed by atoms with Gasteiger partial charge in [0.05, 0.1) is 6.54 Å². The number of hydrogen-bond acceptors (Lipinski definition) is 4. The van der Waals surface area contributed by atoms with Crippen LogP contribution in [0.2, 0.25) is 0 Å². The maximum atomic E-state index is 4.87. The third-order valence-corrected chi connectivity index (χ3v) is 6.50. The van der Waals surface area contributed by atoms with Crippen molar-refractivity contribution in [3.8, 4) is 0 Å². The Labute approximate surface area is 184 Å². The van der Waals surface area contributed by atoms with Gasteiger partial charge in [-0.2, -0.15) is 11.3 Å². The second-order valence-electron chi connectivity index (χ2n) is 8.07. The molecule has 1 fully saturated rings. The molecule has 2 aromatic rings. The molecule has 0 saturated carbocycles. The van der Waals surface area contributed by atoms with E-state index in [1.165, 1.54) is 16.8 Å². The van der Waals surface area contributed by atoms with Crippen LogP contribution in [0.25, 0.3) is 0 Å². The van der Waals surface area contributed by atoms with Crippen molar-refractivity contribution in [1.82, 2.24) is 15.5 Å². The number of guanidine groups is 1. The summed E-state index contributed by atoms with van der Waals surface area (Å²) in [5.74, 6) is 0.932. The molecule has 0 spiro atoms. The molecule has 4 rings (SSSR count). The Balaban J connectivity index is 1.29. The van der Waals surface area contributed by atoms with E-state index >= 15 is 0 Å². The molecular formula is C24H33N5S. The summed E-state index contributed by atoms with van der Waals surface area (Å²) in [4.78, 5) is 9.81. The number of likely N-dealkylation sites (tertiary alicyclic amines) is 1. The van der Waals surface area contributed by atoms with Crippen molar-refractivity contribution < 1.29 is 0 Å². The van der Waals surface area contributed by atoms with E-state index in [9.17, 15) is 0 Å². The topological polar surface area (TPSA) is 42.9 Å². The van der Waals surface area contributed by atoms with Gasteiger partial charge in [-0.05, 0) is 59.9 Å². The van der Waals surface area contributed by atoms with Gasteiger partial charge in [-0.1, -0.05) is 24.3 Å². The van der Waals surface area contributed by atoms with Gasteiger partial charge in [-0.15, -0.1) is 0 Å². The molecule has 5 nitrogen and oxygen atoms in total. The standard InChI is InChI=1S/C24H33N5S/c1-2-25-24(26-17-20-6-5-7-23(16-20)29-11-3-4-12-29)27-22-8-13-28(14-9-22)18-21-10-15-30-19-21/h3-7,10,15-16,19,22H,2,8-9,11-14,17-18H2,1H3,(H2,25,26,27). The third-order valence-electron chi connectivity index (χ3n) is 5.77. The summed E-state index contributed by atoms with van der Waals surface area (Å²) in [6.45, 7) is 9.06. The predicted octanol–water partition coefficient (Wildman–Crippen LogP) is 3.84. The van der Waals surface area contributed by atoms with Gasteiger partial charge in [0.15, 0.2) is 5.96 Å². The largest absolute Gasteiger partial charge is 0.364 e. The molecule has 2 N–H and O–H groups in total. The molecule has 2 aliphatic rings. The molecule has 2 aliphatic heterocycles. The van der Waals surface area contributed by atoms with Crippen molar-refractivity contribution >= 4 is 23.0 Å². The average molecular weight is 424 g/mol. The lowest BCUT2D eigenvalue weighted by Gasteiger charge is -2.33. The third kappa shape index (κ3) is 5.86. The van der Waals surface area contributed by atoms with Crippen molar-refractivity contribution in [2.24, 2.45) is 4.99 Å². The van der Waals surface area contributed by atoms with Crippen LogP contribution in [0.3, 0.4) is 0 Å². The Kier molecular flexibility index (Phi) is 7.43. The molecule has 3 heterocycles. The first kappa shape index (κ1) is 20.9. The second kappa shape index (κ2) is 10.6. The first-order valence-electron chi connectivity index (χ1n) is 11.1. The van der Waals surface area contributed by atoms with E-state index in [0.29, 0.717) is 12.6 Å². The first-order chi connectivity index (χ1) is 14.8. The van der Waals surface area contributed by atoms with Crippen molar-refractivity contribution in [1.29, 1.82) is 0 Å². The van der Waals surface area contributed by atoms with Gasteiger partial charge < -0.3 is 15.5 Å². The van der Waals surface area contributed by atoms with Gasteiger partial charge in [-0.3, -0.25) is 4.90 Å². The highest BCUT2D eigenvalue weighted by molar-refractivity contribution is 7.07. The molecule has 0 radical (unpaired) electrons. The van der Waals surface area contributed by atoms with Crippen LogP contribution in [0.5, 0.6) is 0 Å². The molecule has 160 valence electrons. The van der Waals surface area contributed by atoms with Crippen molar-refractivity contribution in [3.63, 3.8) is 0 Å². The van der Waals surface area contributed by atoms with Gasteiger partial charge in [0.2, 0.25) is 0 Å². The number of nitrogens with one attached hydrogen (secondary N) is 2. The van der Waals surface area contributed by atoms with Crippen molar-refractivity contribution in [3.05, 3.63) is 64.4 Å². The molecule has 0 aliphatic carbocycles. The average Bonchev–Trinajstić information content (AvgIpc) is 3.48. The predicted molar refractivity (Wildman–Crippen MR) is 128 cm³/mol. The number of aliphatic imine (C=N–C) groups is 1. The number of nitrogens with zero attached hydrogens (tertiary/aromatic N) is 3. The second-order valence-corrected chi connectivity index (χ2v) is 8.85. The highest BCUT2D eigenvalue weighted by atomic mass is 32.1. The molecule has 1 aromatic heterocycles. The highest BCUT2D eigenvalue weighted by Crippen LogP contribution is 2.19. The van der Waals surface area contributed by atoms with E-state index in [1.807, 2.05) is 0 Å². The summed E-state index contributed by atoms with van der Waals surface area (Å²) in [6, 6.07) is 11.5. The Morgan fingerprint density at radius 3 is 2.70 bits per heavy atom. The van der Waals surface area contributed by atoms with Crippen LogP contribution in [0.1, 0.15) is 30.9 Å². The SMILES string of the molecule is CCNC(=NCc1cccc(N2CC=CC2)c1)NC1CCN(Cc2ccsc2)CC1. The lowest BCUT2D eigenvalue weighted by molar-refractivity contribution is 0.198. The summed E-state index contributed by atoms with van der Waals surface area (Å²) in [5, 5.41) is 11.5. The molecule has 0 amide bonds. The highest BCUT2D eigenvalue weighted by Gasteiger charge is 2.20. The van der Waals surface area contributed by atoms with E-state index in [4.69, 9.17) is 4.99 Å². The van der Waals surface area contributed by atoms with Gasteiger partial charge in [-0.25, -0.2) is 4.99 Å². The fourth-order valence-electron chi connectivity index (χ4n) is 4.10. The summed E-state index contributed by atoms with van der Waals surface area (Å²) >= 11 is 1.79. The molecule has 1 saturated heterocycles. The van der Waals surface area contributed by atoms with Crippen LogP contribution in [0, 0.1) is 0 Å². The van der Waals surface area contributed by atoms with Crippen LogP contribution in [0.15, 0.2) is 58.2 Å². The van der Waals surface area contributed by atoms with Crippen LogP contribution in [0.4, 0.5) is 5.69 Å². The molecular weight excluding hydrogens is 390 g/mol. The van der Waals surface area contributed by atoms with Crippen molar-refractivity contribution in [2.45, 2.75) is 38.9 Å². The summed E-state index contributed by atoms with van der Waals surface area (Å²) < 4.78 is 0. The van der Waals surface area contributed by atoms with Crippen molar-refractivity contribution in [2.75, 3.05) is 37.6 Å². The minimum atomic E-state index is 0.489. The number of benzene rings is 1. The van der Waals surface area contributed by atoms with Crippen LogP contribution >= 0.6 is 11.3 Å². The minimum Gasteiger partial charge on any atom is -0.364 e. The van der Waals surface area contributed by atoms with Crippen LogP contribution in [-0.4, -0.2) is 49.6 Å². The molecule has 30 heavy (non-hydrogen) atoms. The van der Waals surface area contributed by atoms with E-state index < -0.39 is 0 Å². The molecule has 6 heteroatoms. The smallest absolute Gasteiger partial charge is 0.191 e. The van der Waals surface area contributed by atoms with E-state index in [-0.39, 0.29) is 0 Å². The molecule has 0 unspecified atom stereocenters. The summed E-state index contributed by atoms with van der Waals surface area (Å²) in [6.07, 6.45) is 6.77. The zero-order valence-corrected chi connectivity index (χ0v) is 18.7. The number of hydrogen-bond donors (Lipinski definition) is 2. The zero-order valence-electron chi connectivity index (χ0n) is 17.9. The Hall–Kier alpha value is -2.31. The van der Waals surface area contributed by atoms with Gasteiger partial charge in [0.1, 0.15) is 0 Å². The number of piperidine rings is 1. The Morgan fingerprint density at radius 2 is 1.97 bits per heavy atom. The fraction of sp³-hybridized carbons (Fsp3) is 0.458. The first-order valence-corrected chi connectivity index (χ1v) is 12.0. The quantitative estimate of drug-likeness (QED) is 0.403. The lowest BCUT2D eigenvalue weighted by atomic mass is 10.0. The monoisotopic (exact) mass is 423 g/mol. The molecule has 0 bridgehead atoms. The Bertz CT molecular complexity index is 829. The fourth-order valence-corrected chi connectivity index (χ4v) is 4.76. The van der Waals surface area contributed by atoms with Gasteiger partial charge in [0.25, 0.3) is 0 Å². The number of anilines is 1. The summed E-state index contributed by atoms with van der Waals surface area (Å²) in [7, 11) is 0. The molecule has 0 atom stereocenters. The number of thiophene rings is 1. The van der Waals surface area contributed by atoms with Gasteiger partial charge >= 0.3 is 0 Å². The Morgan fingerprint density at radius 1 is 1.13 bits per heavy atom. The lowest BCUT2D eigenvalue weighted by Crippen LogP contribution is -2.48. The summed E-state index contributed by atoms with van der Waals surface area (Å²) in [5.41, 5.74) is 3.97.